The number of halogens is 1. The molecule has 0 aliphatic heterocycles. The van der Waals surface area contributed by atoms with E-state index in [9.17, 15) is 9.18 Å². The Morgan fingerprint density at radius 2 is 1.90 bits per heavy atom. The third-order valence-electron chi connectivity index (χ3n) is 4.16. The summed E-state index contributed by atoms with van der Waals surface area (Å²) in [5.41, 5.74) is 3.79. The maximum absolute atomic E-state index is 13.3. The van der Waals surface area contributed by atoms with E-state index in [4.69, 9.17) is 0 Å². The molecule has 0 bridgehead atoms. The minimum Gasteiger partial charge on any atom is -0.294 e. The Morgan fingerprint density at radius 1 is 1.15 bits per heavy atom. The highest BCUT2D eigenvalue weighted by atomic mass is 19.1. The number of ketones is 1. The van der Waals surface area contributed by atoms with Gasteiger partial charge in [-0.15, -0.1) is 0 Å². The third kappa shape index (κ3) is 2.38. The molecule has 0 fully saturated rings. The van der Waals surface area contributed by atoms with Crippen LogP contribution in [0.4, 0.5) is 4.39 Å². The highest BCUT2D eigenvalue weighted by Crippen LogP contribution is 2.28. The second kappa shape index (κ2) is 5.20. The van der Waals surface area contributed by atoms with E-state index < -0.39 is 0 Å². The predicted octanol–water partition coefficient (Wildman–Crippen LogP) is 4.12. The van der Waals surface area contributed by atoms with Crippen molar-refractivity contribution < 1.29 is 9.18 Å². The Morgan fingerprint density at radius 3 is 2.65 bits per heavy atom. The van der Waals surface area contributed by atoms with E-state index in [0.717, 1.165) is 19.3 Å². The first-order chi connectivity index (χ1) is 9.65. The molecule has 1 atom stereocenters. The summed E-state index contributed by atoms with van der Waals surface area (Å²) in [6.07, 6.45) is 2.63. The van der Waals surface area contributed by atoms with Crippen molar-refractivity contribution in [3.63, 3.8) is 0 Å². The lowest BCUT2D eigenvalue weighted by atomic mass is 9.80. The summed E-state index contributed by atoms with van der Waals surface area (Å²) in [7, 11) is 0. The van der Waals surface area contributed by atoms with Gasteiger partial charge in [-0.25, -0.2) is 4.39 Å². The van der Waals surface area contributed by atoms with Crippen molar-refractivity contribution in [2.45, 2.75) is 26.2 Å². The third-order valence-corrected chi connectivity index (χ3v) is 4.16. The van der Waals surface area contributed by atoms with Gasteiger partial charge < -0.3 is 0 Å². The lowest BCUT2D eigenvalue weighted by molar-refractivity contribution is 0.0908. The van der Waals surface area contributed by atoms with Crippen LogP contribution in [-0.2, 0) is 12.8 Å². The van der Waals surface area contributed by atoms with Crippen LogP contribution in [0, 0.1) is 18.7 Å². The molecule has 1 unspecified atom stereocenters. The van der Waals surface area contributed by atoms with Crippen molar-refractivity contribution >= 4 is 5.78 Å². The largest absolute Gasteiger partial charge is 0.294 e. The van der Waals surface area contributed by atoms with Crippen LogP contribution in [0.5, 0.6) is 0 Å². The fourth-order valence-corrected chi connectivity index (χ4v) is 2.96. The lowest BCUT2D eigenvalue weighted by Gasteiger charge is -2.23. The fourth-order valence-electron chi connectivity index (χ4n) is 2.96. The molecular weight excluding hydrogens is 251 g/mol. The molecule has 2 heteroatoms. The fraction of sp³-hybridized carbons (Fsp3) is 0.278. The smallest absolute Gasteiger partial charge is 0.166 e. The van der Waals surface area contributed by atoms with Crippen molar-refractivity contribution in [1.82, 2.24) is 0 Å². The molecule has 1 aliphatic carbocycles. The first-order valence-electron chi connectivity index (χ1n) is 7.02. The number of hydrogen-bond acceptors (Lipinski definition) is 1. The molecule has 0 saturated carbocycles. The number of carbonyl (C=O) groups excluding carboxylic acids is 1. The molecule has 102 valence electrons. The minimum absolute atomic E-state index is 0.0229. The normalized spacial score (nSPS) is 17.6. The van der Waals surface area contributed by atoms with Crippen LogP contribution in [0.1, 0.15) is 33.5 Å². The second-order valence-electron chi connectivity index (χ2n) is 5.54. The quantitative estimate of drug-likeness (QED) is 0.749. The average molecular weight is 268 g/mol. The summed E-state index contributed by atoms with van der Waals surface area (Å²) in [5.74, 6) is -0.0899. The number of carbonyl (C=O) groups is 1. The lowest BCUT2D eigenvalue weighted by Crippen LogP contribution is -2.23. The molecule has 2 aromatic rings. The van der Waals surface area contributed by atoms with Gasteiger partial charge in [0.15, 0.2) is 5.78 Å². The van der Waals surface area contributed by atoms with Crippen LogP contribution in [-0.4, -0.2) is 5.78 Å². The maximum Gasteiger partial charge on any atom is 0.166 e. The van der Waals surface area contributed by atoms with Gasteiger partial charge in [-0.2, -0.15) is 0 Å². The van der Waals surface area contributed by atoms with Crippen LogP contribution in [0.25, 0.3) is 0 Å². The number of benzene rings is 2. The Bertz CT molecular complexity index is 660. The minimum atomic E-state index is -0.254. The SMILES string of the molecule is Cc1cc(C(=O)C2CCc3ccccc3C2)ccc1F. The van der Waals surface area contributed by atoms with Crippen LogP contribution in [0.15, 0.2) is 42.5 Å². The molecule has 1 nitrogen and oxygen atoms in total. The van der Waals surface area contributed by atoms with Crippen molar-refractivity contribution in [3.05, 3.63) is 70.5 Å². The van der Waals surface area contributed by atoms with Crippen LogP contribution in [0.2, 0.25) is 0 Å². The van der Waals surface area contributed by atoms with E-state index in [2.05, 4.69) is 12.1 Å². The molecule has 0 saturated heterocycles. The van der Waals surface area contributed by atoms with E-state index in [-0.39, 0.29) is 17.5 Å². The van der Waals surface area contributed by atoms with Gasteiger partial charge in [-0.3, -0.25) is 4.79 Å². The van der Waals surface area contributed by atoms with Gasteiger partial charge in [0, 0.05) is 11.5 Å². The number of Topliss-reactive ketones (excluding diaryl/α,β-unsaturated/α-hetero) is 1. The molecule has 2 aromatic carbocycles. The van der Waals surface area contributed by atoms with Gasteiger partial charge in [0.25, 0.3) is 0 Å². The Hall–Kier alpha value is -1.96. The van der Waals surface area contributed by atoms with Gasteiger partial charge in [0.05, 0.1) is 0 Å². The zero-order chi connectivity index (χ0) is 14.1. The summed E-state index contributed by atoms with van der Waals surface area (Å²) >= 11 is 0. The van der Waals surface area contributed by atoms with E-state index in [1.165, 1.54) is 17.2 Å². The summed E-state index contributed by atoms with van der Waals surface area (Å²) in [6.45, 7) is 1.70. The zero-order valence-corrected chi connectivity index (χ0v) is 11.5. The molecule has 0 aromatic heterocycles. The van der Waals surface area contributed by atoms with Crippen molar-refractivity contribution in [3.8, 4) is 0 Å². The maximum atomic E-state index is 13.3. The monoisotopic (exact) mass is 268 g/mol. The van der Waals surface area contributed by atoms with Crippen molar-refractivity contribution in [1.29, 1.82) is 0 Å². The Balaban J connectivity index is 1.84. The van der Waals surface area contributed by atoms with Gasteiger partial charge >= 0.3 is 0 Å². The van der Waals surface area contributed by atoms with Crippen LogP contribution < -0.4 is 0 Å². The Labute approximate surface area is 118 Å². The molecule has 3 rings (SSSR count). The number of aryl methyl sites for hydroxylation is 2. The van der Waals surface area contributed by atoms with Gasteiger partial charge in [0.1, 0.15) is 5.82 Å². The molecule has 0 amide bonds. The van der Waals surface area contributed by atoms with Crippen LogP contribution in [0.3, 0.4) is 0 Å². The highest BCUT2D eigenvalue weighted by molar-refractivity contribution is 5.98. The second-order valence-corrected chi connectivity index (χ2v) is 5.54. The topological polar surface area (TPSA) is 17.1 Å². The summed E-state index contributed by atoms with van der Waals surface area (Å²) in [4.78, 5) is 12.6. The zero-order valence-electron chi connectivity index (χ0n) is 11.5. The number of rotatable bonds is 2. The molecule has 0 radical (unpaired) electrons. The summed E-state index contributed by atoms with van der Waals surface area (Å²) in [5, 5.41) is 0. The molecule has 0 heterocycles. The first kappa shape index (κ1) is 13.0. The predicted molar refractivity (Wildman–Crippen MR) is 77.4 cm³/mol. The summed E-state index contributed by atoms with van der Waals surface area (Å²) < 4.78 is 13.3. The molecule has 0 spiro atoms. The molecule has 20 heavy (non-hydrogen) atoms. The van der Waals surface area contributed by atoms with E-state index >= 15 is 0 Å². The van der Waals surface area contributed by atoms with E-state index in [1.807, 2.05) is 12.1 Å². The average Bonchev–Trinajstić information content (AvgIpc) is 2.49. The Kier molecular flexibility index (Phi) is 3.39. The number of hydrogen-bond donors (Lipinski definition) is 0. The first-order valence-corrected chi connectivity index (χ1v) is 7.02. The van der Waals surface area contributed by atoms with Crippen molar-refractivity contribution in [2.75, 3.05) is 0 Å². The molecule has 1 aliphatic rings. The standard InChI is InChI=1S/C18H17FO/c1-12-10-15(8-9-17(12)19)18(20)16-7-6-13-4-2-3-5-14(13)11-16/h2-5,8-10,16H,6-7,11H2,1H3. The summed E-state index contributed by atoms with van der Waals surface area (Å²) in [6, 6.07) is 13.0. The van der Waals surface area contributed by atoms with E-state index in [0.29, 0.717) is 11.1 Å². The van der Waals surface area contributed by atoms with E-state index in [1.54, 1.807) is 19.1 Å². The van der Waals surface area contributed by atoms with Gasteiger partial charge in [-0.05, 0) is 61.1 Å². The van der Waals surface area contributed by atoms with Gasteiger partial charge in [0.2, 0.25) is 0 Å². The van der Waals surface area contributed by atoms with Crippen LogP contribution >= 0.6 is 0 Å². The number of fused-ring (bicyclic) bond motifs is 1. The molecular formula is C18H17FO. The molecule has 0 N–H and O–H groups in total. The van der Waals surface area contributed by atoms with Gasteiger partial charge in [-0.1, -0.05) is 24.3 Å². The van der Waals surface area contributed by atoms with Crippen molar-refractivity contribution in [2.24, 2.45) is 5.92 Å². The highest BCUT2D eigenvalue weighted by Gasteiger charge is 2.25.